The maximum Gasteiger partial charge on any atom is 0.500 e. The number of rotatable bonds is 20. The number of guanidine groups is 1. The van der Waals surface area contributed by atoms with Gasteiger partial charge in [-0.3, -0.25) is 5.01 Å². The van der Waals surface area contributed by atoms with E-state index in [0.29, 0.717) is 83.2 Å². The van der Waals surface area contributed by atoms with E-state index in [0.717, 1.165) is 0 Å². The zero-order chi connectivity index (χ0) is 26.9. The fourth-order valence-corrected chi connectivity index (χ4v) is 9.23. The molecule has 15 heteroatoms. The first-order valence-electron chi connectivity index (χ1n) is 13.0. The number of hydrogen-bond acceptors (Lipinski definition) is 11. The van der Waals surface area contributed by atoms with Gasteiger partial charge >= 0.3 is 17.6 Å². The van der Waals surface area contributed by atoms with E-state index in [1.807, 2.05) is 41.5 Å². The van der Waals surface area contributed by atoms with E-state index in [-0.39, 0.29) is 5.96 Å². The van der Waals surface area contributed by atoms with Gasteiger partial charge in [0.1, 0.15) is 12.0 Å². The molecule has 2 N–H and O–H groups in total. The highest BCUT2D eigenvalue weighted by Crippen LogP contribution is 2.24. The fraction of sp³-hybridized carbons (Fsp3) is 0.905. The van der Waals surface area contributed by atoms with Crippen molar-refractivity contribution in [2.75, 3.05) is 39.6 Å². The minimum Gasteiger partial charge on any atom is -0.374 e. The molecule has 36 heavy (non-hydrogen) atoms. The van der Waals surface area contributed by atoms with E-state index >= 15 is 0 Å². The van der Waals surface area contributed by atoms with E-state index in [9.17, 15) is 0 Å². The molecule has 1 aliphatic heterocycles. The van der Waals surface area contributed by atoms with Gasteiger partial charge < -0.3 is 26.6 Å². The molecule has 1 atom stereocenters. The van der Waals surface area contributed by atoms with Crippen molar-refractivity contribution in [3.05, 3.63) is 10.4 Å². The van der Waals surface area contributed by atoms with Crippen molar-refractivity contribution in [3.63, 3.8) is 0 Å². The Morgan fingerprint density at radius 2 is 1.28 bits per heavy atom. The van der Waals surface area contributed by atoms with Crippen molar-refractivity contribution in [1.29, 1.82) is 0 Å². The lowest BCUT2D eigenvalue weighted by Crippen LogP contribution is -2.48. The van der Waals surface area contributed by atoms with Crippen LogP contribution in [-0.4, -0.2) is 80.2 Å². The van der Waals surface area contributed by atoms with Crippen LogP contribution in [-0.2, 0) is 26.6 Å². The average Bonchev–Trinajstić information content (AvgIpc) is 2.83. The summed E-state index contributed by atoms with van der Waals surface area (Å²) < 4.78 is 35.6. The Bertz CT molecular complexity index is 706. The second-order valence-corrected chi connectivity index (χ2v) is 13.2. The molecule has 1 unspecified atom stereocenters. The highest BCUT2D eigenvalue weighted by molar-refractivity contribution is 6.61. The van der Waals surface area contributed by atoms with Gasteiger partial charge in [0.05, 0.1) is 0 Å². The van der Waals surface area contributed by atoms with Crippen molar-refractivity contribution in [2.24, 2.45) is 20.9 Å². The Labute approximate surface area is 217 Å². The summed E-state index contributed by atoms with van der Waals surface area (Å²) >= 11 is 0. The lowest BCUT2D eigenvalue weighted by atomic mass is 10.2. The summed E-state index contributed by atoms with van der Waals surface area (Å²) in [7, 11) is -5.54. The third-order valence-electron chi connectivity index (χ3n) is 5.23. The number of amidine groups is 1. The van der Waals surface area contributed by atoms with Gasteiger partial charge in [-0.25, -0.2) is 15.8 Å². The van der Waals surface area contributed by atoms with Crippen LogP contribution in [0.3, 0.4) is 0 Å². The van der Waals surface area contributed by atoms with E-state index in [2.05, 4.69) is 15.0 Å². The molecule has 0 radical (unpaired) electrons. The molecule has 1 heterocycles. The van der Waals surface area contributed by atoms with Crippen molar-refractivity contribution in [3.8, 4) is 0 Å². The minimum atomic E-state index is -2.77. The van der Waals surface area contributed by atoms with Crippen LogP contribution >= 0.6 is 0 Å². The van der Waals surface area contributed by atoms with Gasteiger partial charge in [0, 0.05) is 63.1 Å². The first-order chi connectivity index (χ1) is 17.4. The van der Waals surface area contributed by atoms with Crippen LogP contribution in [0.1, 0.15) is 67.2 Å². The Morgan fingerprint density at radius 1 is 0.833 bits per heavy atom. The number of nitrogens with zero attached hydrogens (tertiary/aromatic N) is 6. The van der Waals surface area contributed by atoms with Gasteiger partial charge in [-0.15, -0.1) is 0 Å². The first kappa shape index (κ1) is 32.6. The lowest BCUT2D eigenvalue weighted by molar-refractivity contribution is 0.0698. The Hall–Kier alpha value is -1.40. The predicted octanol–water partition coefficient (Wildman–Crippen LogP) is 4.22. The largest absolute Gasteiger partial charge is 0.500 e. The lowest BCUT2D eigenvalue weighted by Gasteiger charge is -2.31. The fourth-order valence-electron chi connectivity index (χ4n) is 3.97. The van der Waals surface area contributed by atoms with Gasteiger partial charge in [0.2, 0.25) is 5.96 Å². The summed E-state index contributed by atoms with van der Waals surface area (Å²) in [5.74, 6) is 6.87. The number of hydrazine groups is 1. The predicted molar refractivity (Wildman–Crippen MR) is 143 cm³/mol. The molecule has 0 amide bonds. The number of hydrogen-bond donors (Lipinski definition) is 1. The minimum absolute atomic E-state index is 0.0957. The third kappa shape index (κ3) is 10.5. The molecule has 0 bridgehead atoms. The monoisotopic (exact) mass is 547 g/mol. The molecule has 0 fully saturated rings. The molecule has 0 saturated heterocycles. The molecular weight excluding hydrogens is 502 g/mol. The van der Waals surface area contributed by atoms with E-state index in [1.54, 1.807) is 0 Å². The molecule has 13 nitrogen and oxygen atoms in total. The highest BCUT2D eigenvalue weighted by Gasteiger charge is 2.41. The topological polar surface area (TPSA) is 158 Å². The summed E-state index contributed by atoms with van der Waals surface area (Å²) in [6.45, 7) is 14.7. The van der Waals surface area contributed by atoms with E-state index in [4.69, 9.17) is 42.9 Å². The molecule has 0 aromatic carbocycles. The highest BCUT2D eigenvalue weighted by atomic mass is 28.4. The van der Waals surface area contributed by atoms with Crippen molar-refractivity contribution in [1.82, 2.24) is 5.01 Å². The van der Waals surface area contributed by atoms with Crippen LogP contribution in [0.2, 0.25) is 12.1 Å². The van der Waals surface area contributed by atoms with E-state index < -0.39 is 23.8 Å². The summed E-state index contributed by atoms with van der Waals surface area (Å²) in [6, 6.07) is 1.27. The zero-order valence-electron chi connectivity index (χ0n) is 22.8. The van der Waals surface area contributed by atoms with Crippen LogP contribution in [0.25, 0.3) is 10.4 Å². The average molecular weight is 548 g/mol. The Balaban J connectivity index is 2.93. The second-order valence-electron chi connectivity index (χ2n) is 7.74. The number of nitrogens with two attached hydrogens (primary N) is 1. The molecule has 0 saturated carbocycles. The normalized spacial score (nSPS) is 16.5. The molecule has 0 aliphatic carbocycles. The molecular formula is C21H45N7O6Si2. The van der Waals surface area contributed by atoms with Crippen molar-refractivity contribution < 1.29 is 26.6 Å². The third-order valence-corrected chi connectivity index (χ3v) is 11.5. The van der Waals surface area contributed by atoms with Crippen LogP contribution < -0.4 is 5.84 Å². The molecule has 1 rings (SSSR count). The zero-order valence-corrected chi connectivity index (χ0v) is 24.8. The van der Waals surface area contributed by atoms with Crippen LogP contribution in [0.5, 0.6) is 0 Å². The first-order valence-corrected chi connectivity index (χ1v) is 16.8. The summed E-state index contributed by atoms with van der Waals surface area (Å²) in [4.78, 5) is 12.0. The summed E-state index contributed by atoms with van der Waals surface area (Å²) in [5, 5.41) is 4.99. The van der Waals surface area contributed by atoms with Gasteiger partial charge in [-0.2, -0.15) is 0 Å². The Morgan fingerprint density at radius 3 is 1.69 bits per heavy atom. The number of aliphatic imine (C=N–C) groups is 2. The molecule has 0 aromatic rings. The maximum atomic E-state index is 9.00. The van der Waals surface area contributed by atoms with Gasteiger partial charge in [0.25, 0.3) is 0 Å². The number of azide groups is 1. The van der Waals surface area contributed by atoms with Crippen LogP contribution in [0, 0.1) is 0 Å². The van der Waals surface area contributed by atoms with E-state index in [1.165, 1.54) is 5.01 Å². The molecule has 0 spiro atoms. The summed E-state index contributed by atoms with van der Waals surface area (Å²) in [5.41, 5.74) is 9.00. The standard InChI is InChI=1S/C21H45N7O6Si2/c1-7-29-35(30-8-2,31-9-3)17-13-15-19-24-20(28(23)21(25-19)26-27-22)16-14-18-36(32-10-4,33-11-5)34-12-6/h20H,7-18,23H2,1-6H3. The maximum absolute atomic E-state index is 9.00. The van der Waals surface area contributed by atoms with Gasteiger partial charge in [-0.1, -0.05) is 0 Å². The van der Waals surface area contributed by atoms with Gasteiger partial charge in [-0.05, 0) is 71.5 Å². The van der Waals surface area contributed by atoms with Gasteiger partial charge in [0.15, 0.2) is 0 Å². The van der Waals surface area contributed by atoms with Crippen molar-refractivity contribution in [2.45, 2.75) is 85.5 Å². The molecule has 208 valence electrons. The second kappa shape index (κ2) is 18.0. The van der Waals surface area contributed by atoms with Crippen LogP contribution in [0.15, 0.2) is 15.1 Å². The SMILES string of the molecule is CCO[Si](CCCC1=NC(CCC[Si](OCC)(OCC)OCC)N(N)C(N=[N+]=[N-])=N1)(OCC)OCC. The van der Waals surface area contributed by atoms with Crippen molar-refractivity contribution >= 4 is 29.4 Å². The Kier molecular flexibility index (Phi) is 16.3. The smallest absolute Gasteiger partial charge is 0.374 e. The van der Waals surface area contributed by atoms with Crippen LogP contribution in [0.4, 0.5) is 0 Å². The quantitative estimate of drug-likeness (QED) is 0.0779. The molecule has 1 aliphatic rings. The molecule has 0 aromatic heterocycles. The summed E-state index contributed by atoms with van der Waals surface area (Å²) in [6.07, 6.45) is 2.12.